The van der Waals surface area contributed by atoms with Crippen molar-refractivity contribution in [3.05, 3.63) is 64.6 Å². The van der Waals surface area contributed by atoms with Crippen molar-refractivity contribution in [3.8, 4) is 17.0 Å². The number of anilines is 2. The van der Waals surface area contributed by atoms with Crippen LogP contribution in [0.5, 0.6) is 5.75 Å². The molecule has 8 heteroatoms. The molecule has 4 rings (SSSR count). The molecule has 0 bridgehead atoms. The van der Waals surface area contributed by atoms with Crippen LogP contribution in [0.4, 0.5) is 11.5 Å². The fourth-order valence-corrected chi connectivity index (χ4v) is 3.58. The first-order valence-electron chi connectivity index (χ1n) is 9.65. The van der Waals surface area contributed by atoms with Crippen molar-refractivity contribution in [2.75, 3.05) is 29.9 Å². The fraction of sp³-hybridized carbons (Fsp3) is 0.227. The first kappa shape index (κ1) is 20.4. The van der Waals surface area contributed by atoms with E-state index in [9.17, 15) is 4.79 Å². The van der Waals surface area contributed by atoms with Gasteiger partial charge in [0, 0.05) is 35.4 Å². The summed E-state index contributed by atoms with van der Waals surface area (Å²) in [5.41, 5.74) is 2.37. The minimum Gasteiger partial charge on any atom is -0.482 e. The zero-order valence-corrected chi connectivity index (χ0v) is 17.7. The highest BCUT2D eigenvalue weighted by atomic mass is 35.5. The number of ether oxygens (including phenoxy) is 1. The summed E-state index contributed by atoms with van der Waals surface area (Å²) in [7, 11) is 0. The SMILES string of the molecule is O=C(COc1cc(Cl)ccc1Cl)Nc1ccc(-c2ccc(N3CCCC3)nn2)cc1. The maximum absolute atomic E-state index is 12.2. The molecule has 0 aliphatic carbocycles. The van der Waals surface area contributed by atoms with Crippen molar-refractivity contribution in [3.63, 3.8) is 0 Å². The summed E-state index contributed by atoms with van der Waals surface area (Å²) >= 11 is 12.0. The van der Waals surface area contributed by atoms with Crippen molar-refractivity contribution in [1.29, 1.82) is 0 Å². The van der Waals surface area contributed by atoms with Crippen LogP contribution in [0.25, 0.3) is 11.3 Å². The molecule has 1 aliphatic heterocycles. The van der Waals surface area contributed by atoms with E-state index in [1.54, 1.807) is 18.2 Å². The van der Waals surface area contributed by atoms with Gasteiger partial charge in [0.05, 0.1) is 10.7 Å². The summed E-state index contributed by atoms with van der Waals surface area (Å²) in [6, 6.07) is 16.2. The van der Waals surface area contributed by atoms with E-state index < -0.39 is 0 Å². The number of aromatic nitrogens is 2. The van der Waals surface area contributed by atoms with E-state index in [1.165, 1.54) is 12.8 Å². The van der Waals surface area contributed by atoms with Crippen molar-refractivity contribution < 1.29 is 9.53 Å². The lowest BCUT2D eigenvalue weighted by Crippen LogP contribution is -2.20. The van der Waals surface area contributed by atoms with Crippen LogP contribution < -0.4 is 15.0 Å². The topological polar surface area (TPSA) is 67.3 Å². The molecule has 2 aromatic carbocycles. The highest BCUT2D eigenvalue weighted by Crippen LogP contribution is 2.27. The van der Waals surface area contributed by atoms with Gasteiger partial charge in [-0.05, 0) is 49.2 Å². The molecule has 0 unspecified atom stereocenters. The second-order valence-corrected chi connectivity index (χ2v) is 7.80. The average molecular weight is 443 g/mol. The molecule has 1 aromatic heterocycles. The van der Waals surface area contributed by atoms with Crippen LogP contribution in [0.2, 0.25) is 10.0 Å². The van der Waals surface area contributed by atoms with E-state index >= 15 is 0 Å². The Bertz CT molecular complexity index is 1020. The molecule has 0 spiro atoms. The minimum atomic E-state index is -0.298. The monoisotopic (exact) mass is 442 g/mol. The number of hydrogen-bond donors (Lipinski definition) is 1. The van der Waals surface area contributed by atoms with E-state index in [2.05, 4.69) is 20.4 Å². The molecule has 1 saturated heterocycles. The van der Waals surface area contributed by atoms with E-state index in [0.29, 0.717) is 21.5 Å². The third-order valence-corrected chi connectivity index (χ3v) is 5.34. The number of benzene rings is 2. The Morgan fingerprint density at radius 3 is 2.47 bits per heavy atom. The van der Waals surface area contributed by atoms with Gasteiger partial charge in [-0.2, -0.15) is 0 Å². The normalized spacial score (nSPS) is 13.3. The molecule has 154 valence electrons. The third kappa shape index (κ3) is 5.01. The van der Waals surface area contributed by atoms with Crippen LogP contribution in [0.1, 0.15) is 12.8 Å². The second-order valence-electron chi connectivity index (χ2n) is 6.96. The molecule has 0 atom stereocenters. The van der Waals surface area contributed by atoms with Crippen molar-refractivity contribution in [2.24, 2.45) is 0 Å². The lowest BCUT2D eigenvalue weighted by molar-refractivity contribution is -0.118. The molecule has 1 N–H and O–H groups in total. The maximum Gasteiger partial charge on any atom is 0.262 e. The number of halogens is 2. The smallest absolute Gasteiger partial charge is 0.262 e. The van der Waals surface area contributed by atoms with E-state index in [4.69, 9.17) is 27.9 Å². The molecule has 1 aliphatic rings. The molecule has 3 aromatic rings. The number of nitrogens with zero attached hydrogens (tertiary/aromatic N) is 3. The summed E-state index contributed by atoms with van der Waals surface area (Å²) in [6.07, 6.45) is 2.40. The Labute approximate surface area is 184 Å². The van der Waals surface area contributed by atoms with Crippen LogP contribution in [-0.4, -0.2) is 35.8 Å². The van der Waals surface area contributed by atoms with Gasteiger partial charge in [0.2, 0.25) is 0 Å². The average Bonchev–Trinajstić information content (AvgIpc) is 3.30. The van der Waals surface area contributed by atoms with Crippen molar-refractivity contribution in [2.45, 2.75) is 12.8 Å². The molecule has 0 radical (unpaired) electrons. The zero-order chi connectivity index (χ0) is 20.9. The van der Waals surface area contributed by atoms with Gasteiger partial charge >= 0.3 is 0 Å². The van der Waals surface area contributed by atoms with Gasteiger partial charge in [0.1, 0.15) is 5.75 Å². The van der Waals surface area contributed by atoms with Gasteiger partial charge < -0.3 is 15.0 Å². The van der Waals surface area contributed by atoms with Crippen LogP contribution in [0, 0.1) is 0 Å². The van der Waals surface area contributed by atoms with E-state index in [0.717, 1.165) is 30.2 Å². The third-order valence-electron chi connectivity index (χ3n) is 4.80. The molecule has 1 amide bonds. The summed E-state index contributed by atoms with van der Waals surface area (Å²) in [4.78, 5) is 14.4. The largest absolute Gasteiger partial charge is 0.482 e. The van der Waals surface area contributed by atoms with Gasteiger partial charge in [0.15, 0.2) is 12.4 Å². The summed E-state index contributed by atoms with van der Waals surface area (Å²) in [6.45, 7) is 1.90. The lowest BCUT2D eigenvalue weighted by atomic mass is 10.1. The Hall–Kier alpha value is -2.83. The molecular formula is C22H20Cl2N4O2. The van der Waals surface area contributed by atoms with Crippen LogP contribution in [0.15, 0.2) is 54.6 Å². The van der Waals surface area contributed by atoms with Crippen molar-refractivity contribution >= 4 is 40.6 Å². The summed E-state index contributed by atoms with van der Waals surface area (Å²) in [5, 5.41) is 12.4. The predicted molar refractivity (Wildman–Crippen MR) is 120 cm³/mol. The van der Waals surface area contributed by atoms with Crippen LogP contribution in [-0.2, 0) is 4.79 Å². The molecule has 1 fully saturated rings. The summed E-state index contributed by atoms with van der Waals surface area (Å²) in [5.74, 6) is 0.985. The van der Waals surface area contributed by atoms with E-state index in [1.807, 2.05) is 36.4 Å². The highest BCUT2D eigenvalue weighted by molar-refractivity contribution is 6.34. The second kappa shape index (κ2) is 9.32. The Kier molecular flexibility index (Phi) is 6.35. The van der Waals surface area contributed by atoms with Gasteiger partial charge in [-0.1, -0.05) is 35.3 Å². The predicted octanol–water partition coefficient (Wildman–Crippen LogP) is 5.07. The minimum absolute atomic E-state index is 0.175. The number of rotatable bonds is 6. The Balaban J connectivity index is 1.34. The van der Waals surface area contributed by atoms with Gasteiger partial charge in [0.25, 0.3) is 5.91 Å². The number of nitrogens with one attached hydrogen (secondary N) is 1. The molecule has 0 saturated carbocycles. The first-order chi connectivity index (χ1) is 14.6. The Morgan fingerprint density at radius 2 is 1.77 bits per heavy atom. The van der Waals surface area contributed by atoms with Gasteiger partial charge in [-0.15, -0.1) is 10.2 Å². The fourth-order valence-electron chi connectivity index (χ4n) is 3.25. The molecular weight excluding hydrogens is 423 g/mol. The highest BCUT2D eigenvalue weighted by Gasteiger charge is 2.14. The Morgan fingerprint density at radius 1 is 1.00 bits per heavy atom. The molecule has 30 heavy (non-hydrogen) atoms. The summed E-state index contributed by atoms with van der Waals surface area (Å²) < 4.78 is 5.45. The lowest BCUT2D eigenvalue weighted by Gasteiger charge is -2.15. The van der Waals surface area contributed by atoms with Crippen LogP contribution in [0.3, 0.4) is 0 Å². The number of carbonyl (C=O) groups excluding carboxylic acids is 1. The zero-order valence-electron chi connectivity index (χ0n) is 16.1. The van der Waals surface area contributed by atoms with Crippen LogP contribution >= 0.6 is 23.2 Å². The maximum atomic E-state index is 12.2. The first-order valence-corrected chi connectivity index (χ1v) is 10.4. The molecule has 2 heterocycles. The molecule has 6 nitrogen and oxygen atoms in total. The number of amides is 1. The number of hydrogen-bond acceptors (Lipinski definition) is 5. The van der Waals surface area contributed by atoms with E-state index in [-0.39, 0.29) is 12.5 Å². The standard InChI is InChI=1S/C22H20Cl2N4O2/c23-16-5-8-18(24)20(13-16)30-14-22(29)25-17-6-3-15(4-7-17)19-9-10-21(27-26-19)28-11-1-2-12-28/h3-10,13H,1-2,11-12,14H2,(H,25,29). The van der Waals surface area contributed by atoms with Gasteiger partial charge in [-0.3, -0.25) is 4.79 Å². The quantitative estimate of drug-likeness (QED) is 0.577. The van der Waals surface area contributed by atoms with Crippen molar-refractivity contribution in [1.82, 2.24) is 10.2 Å². The van der Waals surface area contributed by atoms with Gasteiger partial charge in [-0.25, -0.2) is 0 Å². The number of carbonyl (C=O) groups is 1.